The second-order valence-electron chi connectivity index (χ2n) is 3.89. The molecule has 0 bridgehead atoms. The molecular weight excluding hydrogens is 242 g/mol. The number of carboxylic acid groups (broad SMARTS) is 1. The quantitative estimate of drug-likeness (QED) is 0.724. The summed E-state index contributed by atoms with van der Waals surface area (Å²) in [6.07, 6.45) is 0.670. The Morgan fingerprint density at radius 3 is 2.68 bits per heavy atom. The third kappa shape index (κ3) is 3.21. The van der Waals surface area contributed by atoms with Gasteiger partial charge in [-0.05, 0) is 18.2 Å². The van der Waals surface area contributed by atoms with E-state index in [9.17, 15) is 4.79 Å². The molecule has 1 heterocycles. The van der Waals surface area contributed by atoms with E-state index >= 15 is 0 Å². The first-order valence-corrected chi connectivity index (χ1v) is 5.79. The molecule has 5 heteroatoms. The molecule has 0 aliphatic carbocycles. The van der Waals surface area contributed by atoms with Crippen LogP contribution in [0.15, 0.2) is 30.3 Å². The maximum Gasteiger partial charge on any atom is 0.353 e. The van der Waals surface area contributed by atoms with Gasteiger partial charge in [-0.25, -0.2) is 4.79 Å². The number of rotatable bonds is 3. The Bertz CT molecular complexity index is 633. The van der Waals surface area contributed by atoms with Crippen LogP contribution in [-0.4, -0.2) is 27.8 Å². The fourth-order valence-electron chi connectivity index (χ4n) is 1.54. The molecule has 0 saturated heterocycles. The van der Waals surface area contributed by atoms with Gasteiger partial charge in [-0.3, -0.25) is 5.10 Å². The predicted molar refractivity (Wildman–Crippen MR) is 71.5 cm³/mol. The monoisotopic (exact) mass is 255 g/mol. The first kappa shape index (κ1) is 12.9. The van der Waals surface area contributed by atoms with Gasteiger partial charge in [-0.1, -0.05) is 24.0 Å². The van der Waals surface area contributed by atoms with Gasteiger partial charge in [0.1, 0.15) is 5.69 Å². The normalized spacial score (nSPS) is 9.74. The van der Waals surface area contributed by atoms with Gasteiger partial charge >= 0.3 is 5.97 Å². The lowest BCUT2D eigenvalue weighted by atomic mass is 10.1. The highest BCUT2D eigenvalue weighted by Crippen LogP contribution is 2.18. The first-order chi connectivity index (χ1) is 9.20. The molecule has 1 aromatic carbocycles. The number of hydrogen-bond donors (Lipinski definition) is 3. The summed E-state index contributed by atoms with van der Waals surface area (Å²) in [5.74, 6) is 4.93. The summed E-state index contributed by atoms with van der Waals surface area (Å²) in [5.41, 5.74) is 7.76. The van der Waals surface area contributed by atoms with Crippen molar-refractivity contribution in [2.75, 3.05) is 6.54 Å². The number of aromatic carboxylic acids is 1. The van der Waals surface area contributed by atoms with Crippen molar-refractivity contribution in [3.05, 3.63) is 41.6 Å². The maximum atomic E-state index is 10.7. The minimum atomic E-state index is -1.02. The first-order valence-electron chi connectivity index (χ1n) is 5.79. The summed E-state index contributed by atoms with van der Waals surface area (Å²) in [7, 11) is 0. The zero-order valence-corrected chi connectivity index (χ0v) is 10.2. The molecule has 2 aromatic rings. The largest absolute Gasteiger partial charge is 0.477 e. The molecule has 0 aliphatic heterocycles. The minimum absolute atomic E-state index is 0.0711. The van der Waals surface area contributed by atoms with Gasteiger partial charge in [0.25, 0.3) is 0 Å². The summed E-state index contributed by atoms with van der Waals surface area (Å²) >= 11 is 0. The van der Waals surface area contributed by atoms with E-state index in [1.807, 2.05) is 24.3 Å². The number of nitrogens with two attached hydrogens (primary N) is 1. The highest BCUT2D eigenvalue weighted by atomic mass is 16.4. The number of benzene rings is 1. The molecule has 4 N–H and O–H groups in total. The van der Waals surface area contributed by atoms with Crippen molar-refractivity contribution in [3.63, 3.8) is 0 Å². The topological polar surface area (TPSA) is 92.0 Å². The van der Waals surface area contributed by atoms with Crippen molar-refractivity contribution in [3.8, 4) is 23.1 Å². The number of hydrogen-bond acceptors (Lipinski definition) is 3. The van der Waals surface area contributed by atoms with Gasteiger partial charge in [-0.15, -0.1) is 0 Å². The second-order valence-corrected chi connectivity index (χ2v) is 3.89. The average Bonchev–Trinajstić information content (AvgIpc) is 2.90. The Balaban J connectivity index is 2.18. The Morgan fingerprint density at radius 1 is 1.37 bits per heavy atom. The minimum Gasteiger partial charge on any atom is -0.477 e. The molecule has 0 fully saturated rings. The second kappa shape index (κ2) is 5.85. The SMILES string of the molecule is NCCC#Cc1ccc(-c2cc(C(=O)O)[nH]n2)cc1. The van der Waals surface area contributed by atoms with Crippen molar-refractivity contribution < 1.29 is 9.90 Å². The van der Waals surface area contributed by atoms with E-state index < -0.39 is 5.97 Å². The zero-order valence-electron chi connectivity index (χ0n) is 10.2. The van der Waals surface area contributed by atoms with Crippen LogP contribution in [0, 0.1) is 11.8 Å². The van der Waals surface area contributed by atoms with Crippen LogP contribution in [0.5, 0.6) is 0 Å². The molecule has 0 aliphatic rings. The number of carboxylic acids is 1. The molecule has 0 radical (unpaired) electrons. The van der Waals surface area contributed by atoms with E-state index in [4.69, 9.17) is 10.8 Å². The molecule has 0 atom stereocenters. The van der Waals surface area contributed by atoms with Gasteiger partial charge in [0.15, 0.2) is 0 Å². The van der Waals surface area contributed by atoms with Crippen LogP contribution in [0.4, 0.5) is 0 Å². The smallest absolute Gasteiger partial charge is 0.353 e. The molecule has 19 heavy (non-hydrogen) atoms. The molecule has 1 aromatic heterocycles. The number of nitrogens with one attached hydrogen (secondary N) is 1. The number of carbonyl (C=O) groups is 1. The molecule has 0 amide bonds. The molecule has 0 saturated carbocycles. The van der Waals surface area contributed by atoms with Crippen molar-refractivity contribution in [2.45, 2.75) is 6.42 Å². The summed E-state index contributed by atoms with van der Waals surface area (Å²) < 4.78 is 0. The standard InChI is InChI=1S/C14H13N3O2/c15-8-2-1-3-10-4-6-11(7-5-10)12-9-13(14(18)19)17-16-12/h4-7,9H,2,8,15H2,(H,16,17)(H,18,19). The van der Waals surface area contributed by atoms with Crippen molar-refractivity contribution in [1.82, 2.24) is 10.2 Å². The van der Waals surface area contributed by atoms with Crippen LogP contribution in [-0.2, 0) is 0 Å². The molecule has 0 unspecified atom stereocenters. The van der Waals surface area contributed by atoms with Crippen molar-refractivity contribution >= 4 is 5.97 Å². The van der Waals surface area contributed by atoms with E-state index in [1.54, 1.807) is 0 Å². The van der Waals surface area contributed by atoms with Gasteiger partial charge in [0, 0.05) is 24.1 Å². The third-order valence-corrected chi connectivity index (χ3v) is 2.49. The Morgan fingerprint density at radius 2 is 2.11 bits per heavy atom. The summed E-state index contributed by atoms with van der Waals surface area (Å²) in [5, 5.41) is 15.2. The summed E-state index contributed by atoms with van der Waals surface area (Å²) in [4.78, 5) is 10.7. The van der Waals surface area contributed by atoms with Gasteiger partial charge in [0.2, 0.25) is 0 Å². The number of nitrogens with zero attached hydrogens (tertiary/aromatic N) is 1. The number of H-pyrrole nitrogens is 1. The average molecular weight is 255 g/mol. The lowest BCUT2D eigenvalue weighted by Gasteiger charge is -1.96. The molecule has 0 spiro atoms. The Labute approximate surface area is 110 Å². The van der Waals surface area contributed by atoms with Gasteiger partial charge < -0.3 is 10.8 Å². The van der Waals surface area contributed by atoms with Crippen LogP contribution in [0.2, 0.25) is 0 Å². The van der Waals surface area contributed by atoms with Gasteiger partial charge in [0.05, 0.1) is 5.69 Å². The fraction of sp³-hybridized carbons (Fsp3) is 0.143. The number of aromatic nitrogens is 2. The predicted octanol–water partition coefficient (Wildman–Crippen LogP) is 1.48. The van der Waals surface area contributed by atoms with Crippen molar-refractivity contribution in [2.24, 2.45) is 5.73 Å². The lowest BCUT2D eigenvalue weighted by Crippen LogP contribution is -1.95. The van der Waals surface area contributed by atoms with E-state index in [0.29, 0.717) is 18.7 Å². The van der Waals surface area contributed by atoms with Crippen LogP contribution >= 0.6 is 0 Å². The summed E-state index contributed by atoms with van der Waals surface area (Å²) in [6.45, 7) is 0.552. The Hall–Kier alpha value is -2.58. The highest BCUT2D eigenvalue weighted by molar-refractivity contribution is 5.86. The van der Waals surface area contributed by atoms with Crippen LogP contribution in [0.3, 0.4) is 0 Å². The van der Waals surface area contributed by atoms with E-state index in [-0.39, 0.29) is 5.69 Å². The fourth-order valence-corrected chi connectivity index (χ4v) is 1.54. The van der Waals surface area contributed by atoms with Crippen molar-refractivity contribution in [1.29, 1.82) is 0 Å². The van der Waals surface area contributed by atoms with Crippen LogP contribution in [0.1, 0.15) is 22.5 Å². The third-order valence-electron chi connectivity index (χ3n) is 2.49. The van der Waals surface area contributed by atoms with E-state index in [1.165, 1.54) is 6.07 Å². The van der Waals surface area contributed by atoms with Crippen LogP contribution in [0.25, 0.3) is 11.3 Å². The molecule has 96 valence electrons. The van der Waals surface area contributed by atoms with E-state index in [2.05, 4.69) is 22.0 Å². The summed E-state index contributed by atoms with van der Waals surface area (Å²) in [6, 6.07) is 8.95. The molecule has 2 rings (SSSR count). The zero-order chi connectivity index (χ0) is 13.7. The van der Waals surface area contributed by atoms with E-state index in [0.717, 1.165) is 11.1 Å². The lowest BCUT2D eigenvalue weighted by molar-refractivity contribution is 0.0690. The highest BCUT2D eigenvalue weighted by Gasteiger charge is 2.08. The molecule has 5 nitrogen and oxygen atoms in total. The number of aromatic amines is 1. The Kier molecular flexibility index (Phi) is 3.96. The van der Waals surface area contributed by atoms with Crippen LogP contribution < -0.4 is 5.73 Å². The molecular formula is C14H13N3O2. The maximum absolute atomic E-state index is 10.7. The van der Waals surface area contributed by atoms with Gasteiger partial charge in [-0.2, -0.15) is 5.10 Å².